The number of hydrogen-bond acceptors (Lipinski definition) is 2. The van der Waals surface area contributed by atoms with E-state index in [1.807, 2.05) is 31.2 Å². The van der Waals surface area contributed by atoms with Gasteiger partial charge in [0.15, 0.2) is 0 Å². The number of ether oxygens (including phenoxy) is 1. The minimum absolute atomic E-state index is 0. The van der Waals surface area contributed by atoms with Crippen molar-refractivity contribution >= 4 is 18.2 Å². The predicted octanol–water partition coefficient (Wildman–Crippen LogP) is 1.73. The summed E-state index contributed by atoms with van der Waals surface area (Å²) in [5, 5.41) is 6.97. The summed E-state index contributed by atoms with van der Waals surface area (Å²) < 4.78 is 5.25. The number of halogens is 1. The first-order chi connectivity index (χ1) is 5.70. The van der Waals surface area contributed by atoms with Gasteiger partial charge >= 0.3 is 0 Å². The Morgan fingerprint density at radius 3 is 2.62 bits per heavy atom. The lowest BCUT2D eigenvalue weighted by molar-refractivity contribution is 0.372. The largest absolute Gasteiger partial charge is 0.485 e. The van der Waals surface area contributed by atoms with Crippen LogP contribution in [0.3, 0.4) is 0 Å². The van der Waals surface area contributed by atoms with Gasteiger partial charge in [0, 0.05) is 0 Å². The van der Waals surface area contributed by atoms with Gasteiger partial charge in [0.25, 0.3) is 0 Å². The van der Waals surface area contributed by atoms with Crippen LogP contribution >= 0.6 is 12.4 Å². The number of benzene rings is 1. The van der Waals surface area contributed by atoms with Crippen LogP contribution in [-0.2, 0) is 0 Å². The normalized spacial score (nSPS) is 8.69. The summed E-state index contributed by atoms with van der Waals surface area (Å²) in [7, 11) is 0. The third kappa shape index (κ3) is 3.80. The lowest BCUT2D eigenvalue weighted by Crippen LogP contribution is -2.19. The average molecular weight is 201 g/mol. The first-order valence-electron chi connectivity index (χ1n) is 3.71. The molecule has 0 spiro atoms. The van der Waals surface area contributed by atoms with E-state index in [0.29, 0.717) is 0 Å². The Morgan fingerprint density at radius 2 is 2.08 bits per heavy atom. The molecular formula is C9H13ClN2O. The zero-order valence-corrected chi connectivity index (χ0v) is 8.23. The van der Waals surface area contributed by atoms with Crippen LogP contribution in [0.2, 0.25) is 0 Å². The fraction of sp³-hybridized carbons (Fsp3) is 0.222. The van der Waals surface area contributed by atoms with Gasteiger partial charge in [-0.2, -0.15) is 0 Å². The van der Waals surface area contributed by atoms with Crippen LogP contribution in [0.4, 0.5) is 0 Å². The van der Waals surface area contributed by atoms with Gasteiger partial charge in [-0.3, -0.25) is 5.41 Å². The Labute approximate surface area is 83.8 Å². The maximum atomic E-state index is 6.97. The highest BCUT2D eigenvalue weighted by Crippen LogP contribution is 2.15. The molecule has 0 unspecified atom stereocenters. The molecule has 0 amide bonds. The first kappa shape index (κ1) is 11.8. The van der Waals surface area contributed by atoms with Gasteiger partial charge in [0.2, 0.25) is 0 Å². The molecular weight excluding hydrogens is 188 g/mol. The molecule has 0 bridgehead atoms. The fourth-order valence-corrected chi connectivity index (χ4v) is 0.874. The van der Waals surface area contributed by atoms with Crippen molar-refractivity contribution in [3.8, 4) is 5.75 Å². The highest BCUT2D eigenvalue weighted by molar-refractivity contribution is 5.85. The quantitative estimate of drug-likeness (QED) is 0.577. The van der Waals surface area contributed by atoms with Crippen molar-refractivity contribution < 1.29 is 4.74 Å². The number of hydrogen-bond donors (Lipinski definition) is 2. The topological polar surface area (TPSA) is 59.1 Å². The second-order valence-corrected chi connectivity index (χ2v) is 2.58. The van der Waals surface area contributed by atoms with Gasteiger partial charge in [-0.15, -0.1) is 12.4 Å². The summed E-state index contributed by atoms with van der Waals surface area (Å²) in [6, 6.07) is 7.65. The van der Waals surface area contributed by atoms with E-state index in [1.54, 1.807) is 0 Å². The van der Waals surface area contributed by atoms with Crippen molar-refractivity contribution in [2.45, 2.75) is 6.92 Å². The SMILES string of the molecule is Cc1ccccc1OCC(=N)N.Cl. The molecule has 0 fully saturated rings. The summed E-state index contributed by atoms with van der Waals surface area (Å²) in [5.41, 5.74) is 6.20. The zero-order valence-electron chi connectivity index (χ0n) is 7.41. The van der Waals surface area contributed by atoms with Gasteiger partial charge in [0.1, 0.15) is 18.2 Å². The van der Waals surface area contributed by atoms with E-state index in [1.165, 1.54) is 0 Å². The van der Waals surface area contributed by atoms with Crippen LogP contribution in [0.5, 0.6) is 5.75 Å². The molecule has 0 saturated carbocycles. The molecule has 1 aromatic rings. The van der Waals surface area contributed by atoms with Gasteiger partial charge in [0.05, 0.1) is 0 Å². The molecule has 72 valence electrons. The van der Waals surface area contributed by atoms with Crippen molar-refractivity contribution in [2.75, 3.05) is 6.61 Å². The monoisotopic (exact) mass is 200 g/mol. The van der Waals surface area contributed by atoms with Crippen molar-refractivity contribution in [2.24, 2.45) is 5.73 Å². The Kier molecular flexibility index (Phi) is 4.92. The predicted molar refractivity (Wildman–Crippen MR) is 55.8 cm³/mol. The number of para-hydroxylation sites is 1. The maximum absolute atomic E-state index is 6.97. The summed E-state index contributed by atoms with van der Waals surface area (Å²) in [6.07, 6.45) is 0. The van der Waals surface area contributed by atoms with E-state index in [4.69, 9.17) is 15.9 Å². The van der Waals surface area contributed by atoms with Crippen LogP contribution in [0.25, 0.3) is 0 Å². The summed E-state index contributed by atoms with van der Waals surface area (Å²) >= 11 is 0. The number of nitrogens with one attached hydrogen (secondary N) is 1. The van der Waals surface area contributed by atoms with E-state index in [9.17, 15) is 0 Å². The molecule has 4 heteroatoms. The lowest BCUT2D eigenvalue weighted by Gasteiger charge is -2.06. The molecule has 3 N–H and O–H groups in total. The molecule has 1 aromatic carbocycles. The number of rotatable bonds is 3. The van der Waals surface area contributed by atoms with Gasteiger partial charge in [-0.05, 0) is 18.6 Å². The Hall–Kier alpha value is -1.22. The van der Waals surface area contributed by atoms with Crippen molar-refractivity contribution in [1.82, 2.24) is 0 Å². The number of amidine groups is 1. The van der Waals surface area contributed by atoms with Gasteiger partial charge < -0.3 is 10.5 Å². The zero-order chi connectivity index (χ0) is 8.97. The molecule has 0 aliphatic carbocycles. The molecule has 0 saturated heterocycles. The standard InChI is InChI=1S/C9H12N2O.ClH/c1-7-4-2-3-5-8(7)12-6-9(10)11;/h2-5H,6H2,1H3,(H3,10,11);1H. The van der Waals surface area contributed by atoms with E-state index in [0.717, 1.165) is 11.3 Å². The summed E-state index contributed by atoms with van der Waals surface area (Å²) in [4.78, 5) is 0. The minimum Gasteiger partial charge on any atom is -0.485 e. The van der Waals surface area contributed by atoms with Crippen LogP contribution in [0, 0.1) is 12.3 Å². The second kappa shape index (κ2) is 5.43. The highest BCUT2D eigenvalue weighted by atomic mass is 35.5. The fourth-order valence-electron chi connectivity index (χ4n) is 0.874. The van der Waals surface area contributed by atoms with Crippen LogP contribution in [0.15, 0.2) is 24.3 Å². The van der Waals surface area contributed by atoms with E-state index >= 15 is 0 Å². The molecule has 0 aromatic heterocycles. The second-order valence-electron chi connectivity index (χ2n) is 2.58. The molecule has 0 radical (unpaired) electrons. The Balaban J connectivity index is 0.00000144. The minimum atomic E-state index is 0. The van der Waals surface area contributed by atoms with E-state index in [-0.39, 0.29) is 24.8 Å². The number of aryl methyl sites for hydroxylation is 1. The first-order valence-corrected chi connectivity index (χ1v) is 3.71. The van der Waals surface area contributed by atoms with E-state index < -0.39 is 0 Å². The molecule has 0 aliphatic heterocycles. The Bertz CT molecular complexity index is 289. The molecule has 0 atom stereocenters. The molecule has 0 heterocycles. The van der Waals surface area contributed by atoms with Crippen LogP contribution in [-0.4, -0.2) is 12.4 Å². The third-order valence-corrected chi connectivity index (χ3v) is 1.48. The van der Waals surface area contributed by atoms with E-state index in [2.05, 4.69) is 0 Å². The number of nitrogens with two attached hydrogens (primary N) is 1. The van der Waals surface area contributed by atoms with Gasteiger partial charge in [-0.1, -0.05) is 18.2 Å². The smallest absolute Gasteiger partial charge is 0.145 e. The van der Waals surface area contributed by atoms with Crippen molar-refractivity contribution in [3.05, 3.63) is 29.8 Å². The average Bonchev–Trinajstić information content (AvgIpc) is 2.03. The van der Waals surface area contributed by atoms with Crippen molar-refractivity contribution in [1.29, 1.82) is 5.41 Å². The van der Waals surface area contributed by atoms with Crippen molar-refractivity contribution in [3.63, 3.8) is 0 Å². The molecule has 13 heavy (non-hydrogen) atoms. The van der Waals surface area contributed by atoms with Gasteiger partial charge in [-0.25, -0.2) is 0 Å². The summed E-state index contributed by atoms with van der Waals surface area (Å²) in [6.45, 7) is 2.11. The lowest BCUT2D eigenvalue weighted by atomic mass is 10.2. The maximum Gasteiger partial charge on any atom is 0.145 e. The molecule has 0 aliphatic rings. The van der Waals surface area contributed by atoms with Crippen LogP contribution < -0.4 is 10.5 Å². The third-order valence-electron chi connectivity index (χ3n) is 1.48. The highest BCUT2D eigenvalue weighted by Gasteiger charge is 1.97. The Morgan fingerprint density at radius 1 is 1.46 bits per heavy atom. The molecule has 1 rings (SSSR count). The van der Waals surface area contributed by atoms with Crippen LogP contribution in [0.1, 0.15) is 5.56 Å². The molecule has 3 nitrogen and oxygen atoms in total. The summed E-state index contributed by atoms with van der Waals surface area (Å²) in [5.74, 6) is 0.825.